The molecule has 2 amide bonds. The van der Waals surface area contributed by atoms with Crippen LogP contribution in [0.4, 0.5) is 15.8 Å². The summed E-state index contributed by atoms with van der Waals surface area (Å²) in [7, 11) is 0. The van der Waals surface area contributed by atoms with Crippen LogP contribution in [0.3, 0.4) is 0 Å². The number of benzene rings is 2. The average molecular weight is 401 g/mol. The molecule has 152 valence electrons. The molecule has 8 nitrogen and oxygen atoms in total. The fourth-order valence-electron chi connectivity index (χ4n) is 3.16. The fourth-order valence-corrected chi connectivity index (χ4v) is 3.16. The molecule has 0 unspecified atom stereocenters. The van der Waals surface area contributed by atoms with Crippen molar-refractivity contribution in [2.75, 3.05) is 18.0 Å². The standard InChI is InChI=1S/C20H20FN3O5/c1-12-2-5-16(9-17(12)21)23-11-14(8-19(23)26)20(27)22-10-18(25)13-3-6-15(7-4-13)24(28)29/h2-7,9,14,18,25H,8,10-11H2,1H3,(H,22,27)/t14-,18-/m0/s1. The lowest BCUT2D eigenvalue weighted by Gasteiger charge is -2.18. The predicted octanol–water partition coefficient (Wildman–Crippen LogP) is 2.25. The largest absolute Gasteiger partial charge is 0.387 e. The quantitative estimate of drug-likeness (QED) is 0.569. The Kier molecular flexibility index (Phi) is 5.88. The van der Waals surface area contributed by atoms with Gasteiger partial charge in [-0.15, -0.1) is 0 Å². The van der Waals surface area contributed by atoms with Gasteiger partial charge in [-0.1, -0.05) is 6.07 Å². The highest BCUT2D eigenvalue weighted by Crippen LogP contribution is 2.27. The van der Waals surface area contributed by atoms with Gasteiger partial charge in [-0.2, -0.15) is 0 Å². The van der Waals surface area contributed by atoms with Crippen molar-refractivity contribution in [3.8, 4) is 0 Å². The third-order valence-electron chi connectivity index (χ3n) is 4.92. The number of hydrogen-bond acceptors (Lipinski definition) is 5. The molecule has 3 rings (SSSR count). The van der Waals surface area contributed by atoms with Gasteiger partial charge in [0.1, 0.15) is 5.82 Å². The van der Waals surface area contributed by atoms with Gasteiger partial charge in [0.15, 0.2) is 0 Å². The van der Waals surface area contributed by atoms with Crippen LogP contribution in [0, 0.1) is 28.8 Å². The maximum absolute atomic E-state index is 13.8. The number of aryl methyl sites for hydroxylation is 1. The summed E-state index contributed by atoms with van der Waals surface area (Å²) in [6.07, 6.45) is -1.05. The lowest BCUT2D eigenvalue weighted by Crippen LogP contribution is -2.35. The number of nitrogens with zero attached hydrogens (tertiary/aromatic N) is 2. The first-order valence-electron chi connectivity index (χ1n) is 9.03. The number of anilines is 1. The normalized spacial score (nSPS) is 17.3. The molecule has 0 saturated carbocycles. The van der Waals surface area contributed by atoms with Crippen molar-refractivity contribution >= 4 is 23.2 Å². The molecule has 9 heteroatoms. The number of hydrogen-bond donors (Lipinski definition) is 2. The smallest absolute Gasteiger partial charge is 0.269 e. The third kappa shape index (κ3) is 4.57. The molecule has 1 aliphatic rings. The number of carbonyl (C=O) groups excluding carboxylic acids is 2. The summed E-state index contributed by atoms with van der Waals surface area (Å²) >= 11 is 0. The summed E-state index contributed by atoms with van der Waals surface area (Å²) in [6, 6.07) is 9.86. The van der Waals surface area contributed by atoms with Crippen LogP contribution >= 0.6 is 0 Å². The second kappa shape index (κ2) is 8.36. The topological polar surface area (TPSA) is 113 Å². The zero-order chi connectivity index (χ0) is 21.1. The van der Waals surface area contributed by atoms with Gasteiger partial charge < -0.3 is 15.3 Å². The highest BCUT2D eigenvalue weighted by molar-refractivity contribution is 6.00. The average Bonchev–Trinajstić information content (AvgIpc) is 3.09. The summed E-state index contributed by atoms with van der Waals surface area (Å²) < 4.78 is 13.8. The Balaban J connectivity index is 1.57. The van der Waals surface area contributed by atoms with E-state index in [9.17, 15) is 29.2 Å². The van der Waals surface area contributed by atoms with Crippen LogP contribution in [0.5, 0.6) is 0 Å². The van der Waals surface area contributed by atoms with Crippen molar-refractivity contribution < 1.29 is 24.0 Å². The number of nitro groups is 1. The molecule has 29 heavy (non-hydrogen) atoms. The van der Waals surface area contributed by atoms with Crippen LogP contribution in [-0.2, 0) is 9.59 Å². The Bertz CT molecular complexity index is 948. The molecule has 2 atom stereocenters. The summed E-state index contributed by atoms with van der Waals surface area (Å²) in [6.45, 7) is 1.65. The second-order valence-corrected chi connectivity index (χ2v) is 6.95. The molecule has 1 saturated heterocycles. The van der Waals surface area contributed by atoms with Crippen molar-refractivity contribution in [1.82, 2.24) is 5.32 Å². The number of halogens is 1. The van der Waals surface area contributed by atoms with E-state index in [1.165, 1.54) is 35.2 Å². The second-order valence-electron chi connectivity index (χ2n) is 6.95. The van der Waals surface area contributed by atoms with Crippen molar-refractivity contribution in [2.45, 2.75) is 19.4 Å². The lowest BCUT2D eigenvalue weighted by atomic mass is 10.1. The Labute approximate surface area is 166 Å². The molecule has 0 radical (unpaired) electrons. The van der Waals surface area contributed by atoms with E-state index >= 15 is 0 Å². The zero-order valence-electron chi connectivity index (χ0n) is 15.7. The van der Waals surface area contributed by atoms with E-state index in [1.807, 2.05) is 0 Å². The minimum Gasteiger partial charge on any atom is -0.387 e. The molecule has 2 N–H and O–H groups in total. The first-order valence-corrected chi connectivity index (χ1v) is 9.03. The number of nitrogens with one attached hydrogen (secondary N) is 1. The Morgan fingerprint density at radius 3 is 2.66 bits per heavy atom. The van der Waals surface area contributed by atoms with Gasteiger partial charge in [-0.3, -0.25) is 19.7 Å². The summed E-state index contributed by atoms with van der Waals surface area (Å²) in [4.78, 5) is 36.2. The molecule has 2 aromatic rings. The van der Waals surface area contributed by atoms with E-state index in [1.54, 1.807) is 19.1 Å². The van der Waals surface area contributed by atoms with E-state index in [2.05, 4.69) is 5.32 Å². The van der Waals surface area contributed by atoms with Crippen molar-refractivity contribution in [1.29, 1.82) is 0 Å². The molecule has 1 heterocycles. The fraction of sp³-hybridized carbons (Fsp3) is 0.300. The van der Waals surface area contributed by atoms with E-state index in [0.29, 0.717) is 16.8 Å². The molecule has 0 aliphatic carbocycles. The number of aliphatic hydroxyl groups is 1. The Morgan fingerprint density at radius 1 is 1.34 bits per heavy atom. The third-order valence-corrected chi connectivity index (χ3v) is 4.92. The molecule has 0 spiro atoms. The monoisotopic (exact) mass is 401 g/mol. The first kappa shape index (κ1) is 20.4. The van der Waals surface area contributed by atoms with Gasteiger partial charge in [0.05, 0.1) is 16.9 Å². The highest BCUT2D eigenvalue weighted by Gasteiger charge is 2.35. The molecular weight excluding hydrogens is 381 g/mol. The van der Waals surface area contributed by atoms with Gasteiger partial charge in [0, 0.05) is 37.3 Å². The molecule has 2 aromatic carbocycles. The number of amides is 2. The van der Waals surface area contributed by atoms with E-state index < -0.39 is 28.7 Å². The van der Waals surface area contributed by atoms with Gasteiger partial charge in [-0.05, 0) is 42.3 Å². The number of carbonyl (C=O) groups is 2. The van der Waals surface area contributed by atoms with Crippen molar-refractivity contribution in [3.63, 3.8) is 0 Å². The number of rotatable bonds is 6. The van der Waals surface area contributed by atoms with Gasteiger partial charge in [-0.25, -0.2) is 4.39 Å². The van der Waals surface area contributed by atoms with Crippen LogP contribution < -0.4 is 10.2 Å². The SMILES string of the molecule is Cc1ccc(N2C[C@@H](C(=O)NC[C@H](O)c3ccc([N+](=O)[O-])cc3)CC2=O)cc1F. The van der Waals surface area contributed by atoms with Gasteiger partial charge in [0.25, 0.3) is 5.69 Å². The molecule has 1 aliphatic heterocycles. The molecule has 0 bridgehead atoms. The lowest BCUT2D eigenvalue weighted by molar-refractivity contribution is -0.384. The molecule has 1 fully saturated rings. The summed E-state index contributed by atoms with van der Waals surface area (Å²) in [5.74, 6) is -1.70. The summed E-state index contributed by atoms with van der Waals surface area (Å²) in [5.41, 5.74) is 1.20. The Morgan fingerprint density at radius 2 is 2.03 bits per heavy atom. The van der Waals surface area contributed by atoms with Crippen LogP contribution in [0.25, 0.3) is 0 Å². The molecular formula is C20H20FN3O5. The zero-order valence-corrected chi connectivity index (χ0v) is 15.7. The van der Waals surface area contributed by atoms with Crippen LogP contribution in [0.1, 0.15) is 23.7 Å². The van der Waals surface area contributed by atoms with E-state index in [-0.39, 0.29) is 31.1 Å². The summed E-state index contributed by atoms with van der Waals surface area (Å²) in [5, 5.41) is 23.4. The minimum atomic E-state index is -1.04. The van der Waals surface area contributed by atoms with Crippen molar-refractivity contribution in [3.05, 3.63) is 69.5 Å². The number of aliphatic hydroxyl groups excluding tert-OH is 1. The molecule has 0 aromatic heterocycles. The maximum atomic E-state index is 13.8. The van der Waals surface area contributed by atoms with Crippen LogP contribution in [-0.4, -0.2) is 34.9 Å². The predicted molar refractivity (Wildman–Crippen MR) is 103 cm³/mol. The van der Waals surface area contributed by atoms with Crippen molar-refractivity contribution in [2.24, 2.45) is 5.92 Å². The number of nitro benzene ring substituents is 1. The van der Waals surface area contributed by atoms with E-state index in [4.69, 9.17) is 0 Å². The van der Waals surface area contributed by atoms with Crippen LogP contribution in [0.15, 0.2) is 42.5 Å². The minimum absolute atomic E-state index is 0.00500. The first-order chi connectivity index (χ1) is 13.8. The number of non-ortho nitro benzene ring substituents is 1. The highest BCUT2D eigenvalue weighted by atomic mass is 19.1. The Hall–Kier alpha value is -3.33. The van der Waals surface area contributed by atoms with Gasteiger partial charge in [0.2, 0.25) is 11.8 Å². The van der Waals surface area contributed by atoms with E-state index in [0.717, 1.165) is 0 Å². The van der Waals surface area contributed by atoms with Gasteiger partial charge >= 0.3 is 0 Å². The van der Waals surface area contributed by atoms with Crippen LogP contribution in [0.2, 0.25) is 0 Å². The maximum Gasteiger partial charge on any atom is 0.269 e.